The Kier molecular flexibility index (Phi) is 3.67. The molecule has 2 fully saturated rings. The van der Waals surface area contributed by atoms with Gasteiger partial charge in [0.05, 0.1) is 18.4 Å². The predicted octanol–water partition coefficient (Wildman–Crippen LogP) is 0.200. The molecule has 1 amide bonds. The van der Waals surface area contributed by atoms with Crippen LogP contribution in [0.3, 0.4) is 0 Å². The molecule has 1 aromatic rings. The van der Waals surface area contributed by atoms with Crippen molar-refractivity contribution in [1.82, 2.24) is 14.8 Å². The molecular formula is C14H22N4O2. The molecule has 6 nitrogen and oxygen atoms in total. The summed E-state index contributed by atoms with van der Waals surface area (Å²) in [7, 11) is 1.82. The number of nitrogens with one attached hydrogen (secondary N) is 1. The first-order chi connectivity index (χ1) is 9.63. The van der Waals surface area contributed by atoms with Crippen LogP contribution in [0.4, 0.5) is 5.69 Å². The number of nitrogens with two attached hydrogens (primary N) is 1. The van der Waals surface area contributed by atoms with Crippen molar-refractivity contribution < 1.29 is 9.53 Å². The van der Waals surface area contributed by atoms with Crippen molar-refractivity contribution in [3.63, 3.8) is 0 Å². The number of hydrogen-bond acceptors (Lipinski definition) is 4. The molecule has 2 aliphatic rings. The lowest BCUT2D eigenvalue weighted by Gasteiger charge is -2.35. The summed E-state index contributed by atoms with van der Waals surface area (Å²) in [5.41, 5.74) is 6.87. The average Bonchev–Trinajstić information content (AvgIpc) is 3.01. The van der Waals surface area contributed by atoms with Gasteiger partial charge in [-0.3, -0.25) is 9.69 Å². The van der Waals surface area contributed by atoms with Crippen molar-refractivity contribution in [2.45, 2.75) is 25.0 Å². The molecule has 3 heterocycles. The largest absolute Gasteiger partial charge is 0.397 e. The second kappa shape index (κ2) is 5.46. The van der Waals surface area contributed by atoms with Crippen molar-refractivity contribution in [2.75, 3.05) is 32.0 Å². The summed E-state index contributed by atoms with van der Waals surface area (Å²) in [4.78, 5) is 14.6. The molecule has 2 unspecified atom stereocenters. The molecule has 6 heteroatoms. The molecule has 0 aromatic carbocycles. The third-order valence-corrected chi connectivity index (χ3v) is 4.21. The van der Waals surface area contributed by atoms with Gasteiger partial charge in [-0.1, -0.05) is 0 Å². The Hall–Kier alpha value is -1.53. The molecule has 2 aliphatic heterocycles. The number of hydrogen-bond donors (Lipinski definition) is 2. The fraction of sp³-hybridized carbons (Fsp3) is 0.643. The Morgan fingerprint density at radius 3 is 3.20 bits per heavy atom. The summed E-state index contributed by atoms with van der Waals surface area (Å²) in [5.74, 6) is -0.101. The van der Waals surface area contributed by atoms with Gasteiger partial charge in [-0.25, -0.2) is 0 Å². The van der Waals surface area contributed by atoms with Gasteiger partial charge in [0.25, 0.3) is 5.91 Å². The number of morpholine rings is 1. The summed E-state index contributed by atoms with van der Waals surface area (Å²) in [6.07, 6.45) is 4.32. The number of carbonyl (C=O) groups excluding carboxylic acids is 1. The average molecular weight is 278 g/mol. The zero-order valence-corrected chi connectivity index (χ0v) is 11.8. The molecule has 1 aromatic heterocycles. The second-order valence-corrected chi connectivity index (χ2v) is 5.73. The number of carbonyl (C=O) groups is 1. The van der Waals surface area contributed by atoms with Crippen LogP contribution in [-0.2, 0) is 11.8 Å². The number of rotatable bonds is 3. The van der Waals surface area contributed by atoms with Crippen molar-refractivity contribution in [3.05, 3.63) is 18.0 Å². The first kappa shape index (κ1) is 13.5. The maximum Gasteiger partial charge on any atom is 0.268 e. The van der Waals surface area contributed by atoms with Crippen LogP contribution in [-0.4, -0.2) is 53.8 Å². The molecule has 3 N–H and O–H groups in total. The Morgan fingerprint density at radius 1 is 1.60 bits per heavy atom. The monoisotopic (exact) mass is 278 g/mol. The van der Waals surface area contributed by atoms with E-state index in [0.29, 0.717) is 24.0 Å². The Labute approximate surface area is 118 Å². The molecular weight excluding hydrogens is 256 g/mol. The maximum atomic E-state index is 12.1. The van der Waals surface area contributed by atoms with Crippen molar-refractivity contribution in [1.29, 1.82) is 0 Å². The smallest absolute Gasteiger partial charge is 0.268 e. The van der Waals surface area contributed by atoms with Gasteiger partial charge >= 0.3 is 0 Å². The first-order valence-corrected chi connectivity index (χ1v) is 7.19. The van der Waals surface area contributed by atoms with Gasteiger partial charge in [-0.05, 0) is 25.5 Å². The third kappa shape index (κ3) is 2.66. The van der Waals surface area contributed by atoms with Crippen LogP contribution >= 0.6 is 0 Å². The van der Waals surface area contributed by atoms with Gasteiger partial charge in [-0.2, -0.15) is 0 Å². The number of fused-ring (bicyclic) bond motifs is 1. The first-order valence-electron chi connectivity index (χ1n) is 7.19. The molecule has 0 radical (unpaired) electrons. The SMILES string of the molecule is Cn1cc(N)cc1C(=O)NCC1CN2CCCC2CO1. The highest BCUT2D eigenvalue weighted by Crippen LogP contribution is 2.22. The number of nitrogens with zero attached hydrogens (tertiary/aromatic N) is 2. The van der Waals surface area contributed by atoms with E-state index < -0.39 is 0 Å². The maximum absolute atomic E-state index is 12.1. The van der Waals surface area contributed by atoms with Crippen molar-refractivity contribution >= 4 is 11.6 Å². The Morgan fingerprint density at radius 2 is 2.45 bits per heavy atom. The highest BCUT2D eigenvalue weighted by atomic mass is 16.5. The van der Waals surface area contributed by atoms with Gasteiger partial charge < -0.3 is 20.4 Å². The highest BCUT2D eigenvalue weighted by Gasteiger charge is 2.32. The molecule has 0 spiro atoms. The minimum absolute atomic E-state index is 0.0888. The molecule has 2 atom stereocenters. The van der Waals surface area contributed by atoms with Gasteiger partial charge in [0, 0.05) is 32.4 Å². The molecule has 2 saturated heterocycles. The molecule has 0 bridgehead atoms. The van der Waals surface area contributed by atoms with E-state index in [2.05, 4.69) is 10.2 Å². The zero-order valence-electron chi connectivity index (χ0n) is 11.8. The summed E-state index contributed by atoms with van der Waals surface area (Å²) in [6.45, 7) is 3.41. The normalized spacial score (nSPS) is 26.4. The number of amides is 1. The van der Waals surface area contributed by atoms with Crippen LogP contribution in [0.25, 0.3) is 0 Å². The van der Waals surface area contributed by atoms with Crippen molar-refractivity contribution in [2.24, 2.45) is 7.05 Å². The highest BCUT2D eigenvalue weighted by molar-refractivity contribution is 5.93. The number of anilines is 1. The van der Waals surface area contributed by atoms with Gasteiger partial charge in [0.15, 0.2) is 0 Å². The van der Waals surface area contributed by atoms with Gasteiger partial charge in [-0.15, -0.1) is 0 Å². The summed E-state index contributed by atoms with van der Waals surface area (Å²) in [5, 5.41) is 2.94. The van der Waals surface area contributed by atoms with Crippen LogP contribution in [0.1, 0.15) is 23.3 Å². The number of aryl methyl sites for hydroxylation is 1. The summed E-state index contributed by atoms with van der Waals surface area (Å²) >= 11 is 0. The van der Waals surface area contributed by atoms with E-state index in [1.807, 2.05) is 7.05 Å². The standard InChI is InChI=1S/C14H22N4O2/c1-17-7-10(15)5-13(17)14(19)16-6-12-8-18-4-2-3-11(18)9-20-12/h5,7,11-12H,2-4,6,8-9,15H2,1H3,(H,16,19). The van der Waals surface area contributed by atoms with Crippen LogP contribution in [0.15, 0.2) is 12.3 Å². The molecule has 0 saturated carbocycles. The van der Waals surface area contributed by atoms with Gasteiger partial charge in [0.1, 0.15) is 5.69 Å². The predicted molar refractivity (Wildman–Crippen MR) is 76.5 cm³/mol. The van der Waals surface area contributed by atoms with E-state index in [4.69, 9.17) is 10.5 Å². The van der Waals surface area contributed by atoms with E-state index in [9.17, 15) is 4.79 Å². The van der Waals surface area contributed by atoms with E-state index >= 15 is 0 Å². The van der Waals surface area contributed by atoms with E-state index in [1.165, 1.54) is 12.8 Å². The topological polar surface area (TPSA) is 72.5 Å². The summed E-state index contributed by atoms with van der Waals surface area (Å²) in [6, 6.07) is 2.28. The molecule has 3 rings (SSSR count). The van der Waals surface area contributed by atoms with Crippen LogP contribution in [0, 0.1) is 0 Å². The molecule has 20 heavy (non-hydrogen) atoms. The summed E-state index contributed by atoms with van der Waals surface area (Å²) < 4.78 is 7.56. The lowest BCUT2D eigenvalue weighted by molar-refractivity contribution is -0.0462. The fourth-order valence-electron chi connectivity index (χ4n) is 3.12. The van der Waals surface area contributed by atoms with E-state index in [1.54, 1.807) is 16.8 Å². The third-order valence-electron chi connectivity index (χ3n) is 4.21. The minimum atomic E-state index is -0.101. The lowest BCUT2D eigenvalue weighted by Crippen LogP contribution is -2.50. The fourth-order valence-corrected chi connectivity index (χ4v) is 3.12. The van der Waals surface area contributed by atoms with E-state index in [-0.39, 0.29) is 12.0 Å². The van der Waals surface area contributed by atoms with Crippen LogP contribution < -0.4 is 11.1 Å². The van der Waals surface area contributed by atoms with Crippen LogP contribution in [0.5, 0.6) is 0 Å². The minimum Gasteiger partial charge on any atom is -0.397 e. The van der Waals surface area contributed by atoms with E-state index in [0.717, 1.165) is 19.7 Å². The number of nitrogen functional groups attached to an aromatic ring is 1. The van der Waals surface area contributed by atoms with Crippen molar-refractivity contribution in [3.8, 4) is 0 Å². The molecule has 110 valence electrons. The number of ether oxygens (including phenoxy) is 1. The second-order valence-electron chi connectivity index (χ2n) is 5.73. The van der Waals surface area contributed by atoms with Crippen LogP contribution in [0.2, 0.25) is 0 Å². The Balaban J connectivity index is 1.52. The number of aromatic nitrogens is 1. The zero-order chi connectivity index (χ0) is 14.1. The Bertz CT molecular complexity index is 499. The lowest BCUT2D eigenvalue weighted by atomic mass is 10.2. The van der Waals surface area contributed by atoms with Gasteiger partial charge in [0.2, 0.25) is 0 Å². The quantitative estimate of drug-likeness (QED) is 0.828. The molecule has 0 aliphatic carbocycles.